The highest BCUT2D eigenvalue weighted by Crippen LogP contribution is 2.17. The number of halogens is 1. The van der Waals surface area contributed by atoms with E-state index in [1.807, 2.05) is 18.8 Å². The van der Waals surface area contributed by atoms with Gasteiger partial charge < -0.3 is 15.5 Å². The van der Waals surface area contributed by atoms with Crippen LogP contribution in [0.25, 0.3) is 0 Å². The molecule has 0 aromatic carbocycles. The van der Waals surface area contributed by atoms with Crippen LogP contribution >= 0.6 is 35.7 Å². The third-order valence-corrected chi connectivity index (χ3v) is 5.47. The van der Waals surface area contributed by atoms with E-state index >= 15 is 0 Å². The first-order chi connectivity index (χ1) is 11.7. The molecular weight excluding hydrogens is 447 g/mol. The van der Waals surface area contributed by atoms with Crippen LogP contribution in [0.4, 0.5) is 0 Å². The van der Waals surface area contributed by atoms with Gasteiger partial charge in [0.15, 0.2) is 5.96 Å². The lowest BCUT2D eigenvalue weighted by Gasteiger charge is -2.34. The summed E-state index contributed by atoms with van der Waals surface area (Å²) in [6.07, 6.45) is 8.44. The number of rotatable bonds is 9. The molecule has 1 rings (SSSR count). The van der Waals surface area contributed by atoms with Crippen molar-refractivity contribution in [2.24, 2.45) is 10.9 Å². The zero-order valence-electron chi connectivity index (χ0n) is 16.3. The van der Waals surface area contributed by atoms with Gasteiger partial charge in [-0.05, 0) is 50.5 Å². The van der Waals surface area contributed by atoms with Crippen LogP contribution in [0, 0.1) is 5.92 Å². The first-order valence-corrected chi connectivity index (χ1v) is 10.8. The highest BCUT2D eigenvalue weighted by molar-refractivity contribution is 14.0. The summed E-state index contributed by atoms with van der Waals surface area (Å²) in [4.78, 5) is 18.8. The lowest BCUT2D eigenvalue weighted by molar-refractivity contribution is -0.136. The Balaban J connectivity index is 0.00000576. The number of likely N-dealkylation sites (tertiary alicyclic amines) is 1. The van der Waals surface area contributed by atoms with Crippen molar-refractivity contribution in [3.05, 3.63) is 0 Å². The summed E-state index contributed by atoms with van der Waals surface area (Å²) < 4.78 is 0. The minimum Gasteiger partial charge on any atom is -0.356 e. The number of thioether (sulfide) groups is 1. The quantitative estimate of drug-likeness (QED) is 0.228. The second kappa shape index (κ2) is 14.9. The lowest BCUT2D eigenvalue weighted by Crippen LogP contribution is -2.50. The molecule has 0 saturated carbocycles. The largest absolute Gasteiger partial charge is 0.356 e. The van der Waals surface area contributed by atoms with Gasteiger partial charge in [0.25, 0.3) is 0 Å². The molecule has 2 N–H and O–H groups in total. The Kier molecular flexibility index (Phi) is 14.8. The van der Waals surface area contributed by atoms with Gasteiger partial charge in [-0.25, -0.2) is 0 Å². The molecule has 1 aliphatic rings. The van der Waals surface area contributed by atoms with Gasteiger partial charge in [-0.15, -0.1) is 24.0 Å². The average Bonchev–Trinajstić information content (AvgIpc) is 2.62. The molecule has 1 amide bonds. The Morgan fingerprint density at radius 1 is 1.24 bits per heavy atom. The van der Waals surface area contributed by atoms with Gasteiger partial charge in [-0.3, -0.25) is 9.79 Å². The lowest BCUT2D eigenvalue weighted by atomic mass is 9.98. The maximum atomic E-state index is 12.4. The fourth-order valence-corrected chi connectivity index (χ4v) is 3.60. The molecule has 0 aliphatic carbocycles. The molecule has 5 nitrogen and oxygen atoms in total. The van der Waals surface area contributed by atoms with Crippen LogP contribution in [0.2, 0.25) is 0 Å². The highest BCUT2D eigenvalue weighted by Gasteiger charge is 2.26. The molecule has 1 fully saturated rings. The van der Waals surface area contributed by atoms with Crippen LogP contribution < -0.4 is 10.6 Å². The fraction of sp³-hybridized carbons (Fsp3) is 0.889. The molecule has 0 atom stereocenters. The predicted octanol–water partition coefficient (Wildman–Crippen LogP) is 3.34. The number of guanidine groups is 1. The Labute approximate surface area is 175 Å². The fourth-order valence-electron chi connectivity index (χ4n) is 3.11. The number of amides is 1. The van der Waals surface area contributed by atoms with Crippen molar-refractivity contribution in [2.75, 3.05) is 38.7 Å². The highest BCUT2D eigenvalue weighted by atomic mass is 127. The molecule has 1 saturated heterocycles. The Morgan fingerprint density at radius 2 is 1.88 bits per heavy atom. The zero-order valence-corrected chi connectivity index (χ0v) is 19.5. The molecule has 0 aromatic heterocycles. The minimum absolute atomic E-state index is 0. The standard InChI is InChI=1S/C18H36N4OS.HI/c1-5-15(6-2)17(23)22-12-9-16(10-13-22)21-18(19-3)20-11-7-8-14-24-4;/h15-16H,5-14H2,1-4H3,(H2,19,20,21);1H. The number of aliphatic imine (C=N–C) groups is 1. The number of unbranched alkanes of at least 4 members (excludes halogenated alkanes) is 1. The van der Waals surface area contributed by atoms with Crippen molar-refractivity contribution in [3.63, 3.8) is 0 Å². The number of carbonyl (C=O) groups excluding carboxylic acids is 1. The minimum atomic E-state index is 0. The van der Waals surface area contributed by atoms with Gasteiger partial charge in [0.05, 0.1) is 0 Å². The summed E-state index contributed by atoms with van der Waals surface area (Å²) in [5.41, 5.74) is 0. The van der Waals surface area contributed by atoms with Crippen LogP contribution in [0.5, 0.6) is 0 Å². The molecule has 1 aliphatic heterocycles. The van der Waals surface area contributed by atoms with Gasteiger partial charge in [0.1, 0.15) is 0 Å². The van der Waals surface area contributed by atoms with Gasteiger partial charge in [-0.1, -0.05) is 13.8 Å². The summed E-state index contributed by atoms with van der Waals surface area (Å²) in [5, 5.41) is 6.90. The van der Waals surface area contributed by atoms with Gasteiger partial charge >= 0.3 is 0 Å². The first kappa shape index (κ1) is 24.8. The van der Waals surface area contributed by atoms with E-state index in [4.69, 9.17) is 0 Å². The van der Waals surface area contributed by atoms with Crippen LogP contribution in [-0.4, -0.2) is 61.5 Å². The first-order valence-electron chi connectivity index (χ1n) is 9.41. The van der Waals surface area contributed by atoms with E-state index in [9.17, 15) is 4.79 Å². The number of nitrogens with one attached hydrogen (secondary N) is 2. The number of hydrogen-bond donors (Lipinski definition) is 2. The van der Waals surface area contributed by atoms with E-state index in [2.05, 4.69) is 40.6 Å². The van der Waals surface area contributed by atoms with E-state index in [0.29, 0.717) is 11.9 Å². The maximum Gasteiger partial charge on any atom is 0.225 e. The molecular formula is C18H37IN4OS. The molecule has 7 heteroatoms. The zero-order chi connectivity index (χ0) is 17.8. The van der Waals surface area contributed by atoms with Crippen molar-refractivity contribution in [2.45, 2.75) is 58.4 Å². The molecule has 148 valence electrons. The molecule has 25 heavy (non-hydrogen) atoms. The second-order valence-corrected chi connectivity index (χ2v) is 7.44. The van der Waals surface area contributed by atoms with Gasteiger partial charge in [-0.2, -0.15) is 11.8 Å². The predicted molar refractivity (Wildman–Crippen MR) is 121 cm³/mol. The Hall–Kier alpha value is -0.180. The van der Waals surface area contributed by atoms with E-state index < -0.39 is 0 Å². The van der Waals surface area contributed by atoms with Crippen molar-refractivity contribution < 1.29 is 4.79 Å². The van der Waals surface area contributed by atoms with Crippen molar-refractivity contribution >= 4 is 47.6 Å². The third-order valence-electron chi connectivity index (χ3n) is 4.77. The summed E-state index contributed by atoms with van der Waals surface area (Å²) in [6.45, 7) is 6.89. The Morgan fingerprint density at radius 3 is 2.40 bits per heavy atom. The van der Waals surface area contributed by atoms with Crippen LogP contribution in [-0.2, 0) is 4.79 Å². The average molecular weight is 484 g/mol. The topological polar surface area (TPSA) is 56.7 Å². The number of hydrogen-bond acceptors (Lipinski definition) is 3. The number of nitrogens with zero attached hydrogens (tertiary/aromatic N) is 2. The SMILES string of the molecule is CCC(CC)C(=O)N1CCC(NC(=NC)NCCCCSC)CC1.I. The van der Waals surface area contributed by atoms with Crippen LogP contribution in [0.3, 0.4) is 0 Å². The summed E-state index contributed by atoms with van der Waals surface area (Å²) in [7, 11) is 1.82. The van der Waals surface area contributed by atoms with E-state index in [1.165, 1.54) is 18.6 Å². The van der Waals surface area contributed by atoms with Crippen molar-refractivity contribution in [3.8, 4) is 0 Å². The van der Waals surface area contributed by atoms with E-state index in [0.717, 1.165) is 51.3 Å². The summed E-state index contributed by atoms with van der Waals surface area (Å²) in [5.74, 6) is 2.65. The molecule has 0 aromatic rings. The normalized spacial score (nSPS) is 15.9. The summed E-state index contributed by atoms with van der Waals surface area (Å²) >= 11 is 1.90. The van der Waals surface area contributed by atoms with Gasteiger partial charge in [0, 0.05) is 38.6 Å². The monoisotopic (exact) mass is 484 g/mol. The molecule has 0 radical (unpaired) electrons. The number of carbonyl (C=O) groups is 1. The van der Waals surface area contributed by atoms with Crippen LogP contribution in [0.15, 0.2) is 4.99 Å². The summed E-state index contributed by atoms with van der Waals surface area (Å²) in [6, 6.07) is 0.410. The molecule has 1 heterocycles. The smallest absolute Gasteiger partial charge is 0.225 e. The third kappa shape index (κ3) is 9.35. The Bertz CT molecular complexity index is 383. The van der Waals surface area contributed by atoms with Crippen molar-refractivity contribution in [1.29, 1.82) is 0 Å². The molecule has 0 unspecified atom stereocenters. The second-order valence-electron chi connectivity index (χ2n) is 6.46. The van der Waals surface area contributed by atoms with E-state index in [-0.39, 0.29) is 29.9 Å². The molecule has 0 spiro atoms. The van der Waals surface area contributed by atoms with Gasteiger partial charge in [0.2, 0.25) is 5.91 Å². The van der Waals surface area contributed by atoms with Crippen molar-refractivity contribution in [1.82, 2.24) is 15.5 Å². The van der Waals surface area contributed by atoms with E-state index in [1.54, 1.807) is 0 Å². The number of piperidine rings is 1. The van der Waals surface area contributed by atoms with Crippen LogP contribution in [0.1, 0.15) is 52.4 Å². The maximum absolute atomic E-state index is 12.4. The molecule has 0 bridgehead atoms.